The maximum atomic E-state index is 8.40. The third kappa shape index (κ3) is 6.33. The van der Waals surface area contributed by atoms with Gasteiger partial charge in [-0.25, -0.2) is 4.98 Å². The highest BCUT2D eigenvalue weighted by Gasteiger charge is 1.89. The Hall–Kier alpha value is -0.780. The molecule has 2 rings (SSSR count). The molecule has 0 aromatic carbocycles. The molecule has 0 unspecified atom stereocenters. The molecule has 0 bridgehead atoms. The number of nitrogens with zero attached hydrogens (tertiary/aromatic N) is 2. The van der Waals surface area contributed by atoms with Gasteiger partial charge >= 0.3 is 0 Å². The van der Waals surface area contributed by atoms with Crippen LogP contribution in [0.1, 0.15) is 17.4 Å². The van der Waals surface area contributed by atoms with E-state index in [0.29, 0.717) is 6.42 Å². The highest BCUT2D eigenvalue weighted by molar-refractivity contribution is 7.09. The minimum atomic E-state index is 0. The second kappa shape index (κ2) is 8.52. The summed E-state index contributed by atoms with van der Waals surface area (Å²) < 4.78 is 0. The summed E-state index contributed by atoms with van der Waals surface area (Å²) in [4.78, 5) is 7.90. The van der Waals surface area contributed by atoms with E-state index in [1.54, 1.807) is 35.1 Å². The molecule has 0 atom stereocenters. The first kappa shape index (κ1) is 14.2. The highest BCUT2D eigenvalue weighted by Crippen LogP contribution is 2.02. The predicted octanol–water partition coefficient (Wildman–Crippen LogP) is 2.77. The van der Waals surface area contributed by atoms with E-state index in [9.17, 15) is 0 Å². The van der Waals surface area contributed by atoms with Gasteiger partial charge in [-0.05, 0) is 6.92 Å². The van der Waals surface area contributed by atoms with Gasteiger partial charge in [-0.15, -0.1) is 22.7 Å². The second-order valence-corrected chi connectivity index (χ2v) is 4.53. The first-order valence-electron chi connectivity index (χ1n) is 4.18. The van der Waals surface area contributed by atoms with Crippen molar-refractivity contribution in [2.45, 2.75) is 20.8 Å². The van der Waals surface area contributed by atoms with Crippen LogP contribution in [0.15, 0.2) is 23.2 Å². The molecule has 84 valence electrons. The number of hydrogen-bond acceptors (Lipinski definition) is 5. The molecule has 0 amide bonds. The Morgan fingerprint density at radius 1 is 1.20 bits per heavy atom. The van der Waals surface area contributed by atoms with Crippen LogP contribution < -0.4 is 0 Å². The van der Waals surface area contributed by atoms with Gasteiger partial charge in [0, 0.05) is 36.2 Å². The summed E-state index contributed by atoms with van der Waals surface area (Å²) in [6, 6.07) is 0. The van der Waals surface area contributed by atoms with Crippen LogP contribution in [0.3, 0.4) is 0 Å². The zero-order chi connectivity index (χ0) is 10.2. The van der Waals surface area contributed by atoms with Gasteiger partial charge in [0.1, 0.15) is 0 Å². The molecule has 0 aliphatic rings. The van der Waals surface area contributed by atoms with Crippen molar-refractivity contribution < 1.29 is 5.11 Å². The summed E-state index contributed by atoms with van der Waals surface area (Å²) in [6.07, 6.45) is 4.24. The van der Waals surface area contributed by atoms with Crippen molar-refractivity contribution in [3.05, 3.63) is 33.2 Å². The number of aliphatic hydroxyl groups is 1. The molecule has 15 heavy (non-hydrogen) atoms. The molecular formula is C10H16N2OS2. The second-order valence-electron chi connectivity index (χ2n) is 2.45. The third-order valence-corrected chi connectivity index (χ3v) is 2.91. The Bertz CT molecular complexity index is 319. The Labute approximate surface area is 98.5 Å². The van der Waals surface area contributed by atoms with E-state index in [1.807, 2.05) is 17.7 Å². The van der Waals surface area contributed by atoms with E-state index < -0.39 is 0 Å². The van der Waals surface area contributed by atoms with Crippen LogP contribution in [-0.2, 0) is 6.42 Å². The van der Waals surface area contributed by atoms with Gasteiger partial charge in [-0.3, -0.25) is 4.98 Å². The molecule has 0 saturated carbocycles. The number of aliphatic hydroxyl groups excluding tert-OH is 1. The van der Waals surface area contributed by atoms with Crippen molar-refractivity contribution in [2.24, 2.45) is 0 Å². The van der Waals surface area contributed by atoms with E-state index in [4.69, 9.17) is 5.11 Å². The molecule has 3 nitrogen and oxygen atoms in total. The summed E-state index contributed by atoms with van der Waals surface area (Å²) in [6.45, 7) is 2.19. The lowest BCUT2D eigenvalue weighted by atomic mass is 10.5. The molecule has 5 heteroatoms. The van der Waals surface area contributed by atoms with Crippen molar-refractivity contribution in [2.75, 3.05) is 6.61 Å². The lowest BCUT2D eigenvalue weighted by Crippen LogP contribution is -1.87. The molecule has 2 heterocycles. The van der Waals surface area contributed by atoms with Gasteiger partial charge in [-0.2, -0.15) is 0 Å². The van der Waals surface area contributed by atoms with Crippen LogP contribution in [0.5, 0.6) is 0 Å². The summed E-state index contributed by atoms with van der Waals surface area (Å²) in [5.74, 6) is 0. The highest BCUT2D eigenvalue weighted by atomic mass is 32.1. The Morgan fingerprint density at radius 2 is 1.87 bits per heavy atom. The summed E-state index contributed by atoms with van der Waals surface area (Å²) in [7, 11) is 0. The fourth-order valence-electron chi connectivity index (χ4n) is 0.767. The average molecular weight is 244 g/mol. The Morgan fingerprint density at radius 3 is 2.20 bits per heavy atom. The van der Waals surface area contributed by atoms with Crippen LogP contribution in [0.4, 0.5) is 0 Å². The first-order valence-corrected chi connectivity index (χ1v) is 5.94. The SMILES string of the molecule is C.Cc1nccs1.OCCc1nccs1. The van der Waals surface area contributed by atoms with Gasteiger partial charge in [0.05, 0.1) is 10.0 Å². The molecule has 0 saturated heterocycles. The van der Waals surface area contributed by atoms with Crippen molar-refractivity contribution in [3.63, 3.8) is 0 Å². The molecule has 0 aliphatic carbocycles. The molecule has 1 N–H and O–H groups in total. The van der Waals surface area contributed by atoms with Crippen molar-refractivity contribution in [1.29, 1.82) is 0 Å². The minimum absolute atomic E-state index is 0. The lowest BCUT2D eigenvalue weighted by molar-refractivity contribution is 0.299. The van der Waals surface area contributed by atoms with Crippen LogP contribution in [0.2, 0.25) is 0 Å². The number of thiazole rings is 2. The van der Waals surface area contributed by atoms with Gasteiger partial charge in [0.2, 0.25) is 0 Å². The maximum Gasteiger partial charge on any atom is 0.0947 e. The summed E-state index contributed by atoms with van der Waals surface area (Å²) in [5, 5.41) is 14.4. The van der Waals surface area contributed by atoms with E-state index in [2.05, 4.69) is 9.97 Å². The fourth-order valence-corrected chi connectivity index (χ4v) is 1.82. The normalized spacial score (nSPS) is 8.67. The average Bonchev–Trinajstić information content (AvgIpc) is 2.79. The topological polar surface area (TPSA) is 46.0 Å². The van der Waals surface area contributed by atoms with E-state index >= 15 is 0 Å². The van der Waals surface area contributed by atoms with Gasteiger partial charge in [0.15, 0.2) is 0 Å². The van der Waals surface area contributed by atoms with Crippen molar-refractivity contribution >= 4 is 22.7 Å². The molecule has 2 aromatic rings. The Kier molecular flexibility index (Phi) is 8.08. The van der Waals surface area contributed by atoms with Gasteiger partial charge in [-0.1, -0.05) is 7.43 Å². The van der Waals surface area contributed by atoms with Crippen molar-refractivity contribution in [1.82, 2.24) is 9.97 Å². The zero-order valence-electron chi connectivity index (χ0n) is 7.88. The molecule has 0 radical (unpaired) electrons. The van der Waals surface area contributed by atoms with E-state index in [1.165, 1.54) is 0 Å². The van der Waals surface area contributed by atoms with Crippen molar-refractivity contribution in [3.8, 4) is 0 Å². The lowest BCUT2D eigenvalue weighted by Gasteiger charge is -1.84. The molecular weight excluding hydrogens is 228 g/mol. The predicted molar refractivity (Wildman–Crippen MR) is 66.5 cm³/mol. The Balaban J connectivity index is 0.000000253. The first-order chi connectivity index (χ1) is 6.83. The zero-order valence-corrected chi connectivity index (χ0v) is 9.51. The molecule has 2 aromatic heterocycles. The summed E-state index contributed by atoms with van der Waals surface area (Å²) in [5.41, 5.74) is 0. The van der Waals surface area contributed by atoms with E-state index in [0.717, 1.165) is 10.0 Å². The standard InChI is InChI=1S/C5H7NOS.C4H5NS.CH4/c7-3-1-5-6-2-4-8-5;1-4-5-2-3-6-4;/h2,4,7H,1,3H2;2-3H,1H3;1H4. The van der Waals surface area contributed by atoms with Crippen LogP contribution in [0.25, 0.3) is 0 Å². The molecule has 0 spiro atoms. The third-order valence-electron chi connectivity index (χ3n) is 1.36. The number of rotatable bonds is 2. The van der Waals surface area contributed by atoms with Gasteiger partial charge < -0.3 is 5.11 Å². The van der Waals surface area contributed by atoms with E-state index in [-0.39, 0.29) is 14.0 Å². The van der Waals surface area contributed by atoms with Crippen LogP contribution >= 0.6 is 22.7 Å². The fraction of sp³-hybridized carbons (Fsp3) is 0.400. The van der Waals surface area contributed by atoms with Crippen LogP contribution in [-0.4, -0.2) is 21.7 Å². The minimum Gasteiger partial charge on any atom is -0.396 e. The number of aryl methyl sites for hydroxylation is 1. The molecule has 0 fully saturated rings. The largest absolute Gasteiger partial charge is 0.396 e. The smallest absolute Gasteiger partial charge is 0.0947 e. The van der Waals surface area contributed by atoms with Crippen LogP contribution in [0, 0.1) is 6.92 Å². The maximum absolute atomic E-state index is 8.40. The number of aromatic nitrogens is 2. The van der Waals surface area contributed by atoms with Gasteiger partial charge in [0.25, 0.3) is 0 Å². The summed E-state index contributed by atoms with van der Waals surface area (Å²) >= 11 is 3.24. The quantitative estimate of drug-likeness (QED) is 0.883. The number of hydrogen-bond donors (Lipinski definition) is 1. The monoisotopic (exact) mass is 244 g/mol. The molecule has 0 aliphatic heterocycles.